The molecule has 0 fully saturated rings. The third-order valence-electron chi connectivity index (χ3n) is 3.00. The Bertz CT molecular complexity index is 743. The molecule has 0 radical (unpaired) electrons. The van der Waals surface area contributed by atoms with Crippen molar-refractivity contribution in [2.45, 2.75) is 0 Å². The zero-order chi connectivity index (χ0) is 14.7. The topological polar surface area (TPSA) is 34.1 Å². The second-order valence-electron chi connectivity index (χ2n) is 4.35. The molecule has 3 rings (SSSR count). The third-order valence-corrected chi connectivity index (χ3v) is 4.07. The first-order valence-corrected chi connectivity index (χ1v) is 7.64. The van der Waals surface area contributed by atoms with E-state index in [1.807, 2.05) is 53.9 Å². The highest BCUT2D eigenvalue weighted by Crippen LogP contribution is 2.36. The number of ether oxygens (including phenoxy) is 1. The highest BCUT2D eigenvalue weighted by molar-refractivity contribution is 7.14. The van der Waals surface area contributed by atoms with Crippen LogP contribution in [0.15, 0.2) is 53.9 Å². The van der Waals surface area contributed by atoms with Crippen molar-refractivity contribution in [2.75, 3.05) is 12.4 Å². The number of thiazole rings is 1. The smallest absolute Gasteiger partial charge is 0.187 e. The van der Waals surface area contributed by atoms with Gasteiger partial charge in [-0.2, -0.15) is 0 Å². The number of nitrogens with one attached hydrogen (secondary N) is 1. The van der Waals surface area contributed by atoms with Crippen LogP contribution < -0.4 is 10.1 Å². The van der Waals surface area contributed by atoms with Crippen molar-refractivity contribution in [1.29, 1.82) is 0 Å². The van der Waals surface area contributed by atoms with E-state index in [9.17, 15) is 0 Å². The van der Waals surface area contributed by atoms with E-state index >= 15 is 0 Å². The van der Waals surface area contributed by atoms with Gasteiger partial charge in [0.05, 0.1) is 17.8 Å². The van der Waals surface area contributed by atoms with E-state index in [0.717, 1.165) is 22.1 Å². The minimum Gasteiger partial charge on any atom is -0.495 e. The molecule has 0 saturated heterocycles. The van der Waals surface area contributed by atoms with E-state index in [1.54, 1.807) is 7.11 Å². The Morgan fingerprint density at radius 3 is 2.67 bits per heavy atom. The number of hydrogen-bond donors (Lipinski definition) is 1. The fourth-order valence-electron chi connectivity index (χ4n) is 1.98. The maximum Gasteiger partial charge on any atom is 0.187 e. The first-order chi connectivity index (χ1) is 10.3. The van der Waals surface area contributed by atoms with E-state index in [1.165, 1.54) is 11.3 Å². The molecule has 0 aliphatic rings. The summed E-state index contributed by atoms with van der Waals surface area (Å²) in [6.07, 6.45) is 0. The average molecular weight is 317 g/mol. The zero-order valence-electron chi connectivity index (χ0n) is 11.3. The first kappa shape index (κ1) is 13.9. The molecule has 1 heterocycles. The molecule has 1 N–H and O–H groups in total. The molecule has 0 bridgehead atoms. The Kier molecular flexibility index (Phi) is 4.08. The van der Waals surface area contributed by atoms with Gasteiger partial charge in [-0.25, -0.2) is 4.98 Å². The van der Waals surface area contributed by atoms with Crippen LogP contribution in [0.5, 0.6) is 5.75 Å². The van der Waals surface area contributed by atoms with Gasteiger partial charge in [-0.3, -0.25) is 0 Å². The molecule has 5 heteroatoms. The van der Waals surface area contributed by atoms with Gasteiger partial charge in [0, 0.05) is 10.9 Å². The number of methoxy groups -OCH3 is 1. The lowest BCUT2D eigenvalue weighted by Gasteiger charge is -2.10. The second-order valence-corrected chi connectivity index (χ2v) is 5.61. The Balaban J connectivity index is 1.89. The number of nitrogens with zero attached hydrogens (tertiary/aromatic N) is 1. The maximum atomic E-state index is 6.22. The molecule has 0 unspecified atom stereocenters. The number of hydrogen-bond acceptors (Lipinski definition) is 4. The van der Waals surface area contributed by atoms with E-state index in [-0.39, 0.29) is 0 Å². The van der Waals surface area contributed by atoms with Crippen molar-refractivity contribution in [1.82, 2.24) is 4.98 Å². The summed E-state index contributed by atoms with van der Waals surface area (Å²) in [5.74, 6) is 0.693. The predicted molar refractivity (Wildman–Crippen MR) is 88.8 cm³/mol. The van der Waals surface area contributed by atoms with Gasteiger partial charge in [-0.1, -0.05) is 48.0 Å². The highest BCUT2D eigenvalue weighted by Gasteiger charge is 2.10. The predicted octanol–water partition coefficient (Wildman–Crippen LogP) is 5.22. The summed E-state index contributed by atoms with van der Waals surface area (Å²) in [4.78, 5) is 4.59. The van der Waals surface area contributed by atoms with E-state index < -0.39 is 0 Å². The number of halogens is 1. The van der Waals surface area contributed by atoms with Crippen LogP contribution in [0.1, 0.15) is 0 Å². The normalized spacial score (nSPS) is 10.4. The second kappa shape index (κ2) is 6.16. The summed E-state index contributed by atoms with van der Waals surface area (Å²) in [5, 5.41) is 6.63. The van der Waals surface area contributed by atoms with E-state index in [4.69, 9.17) is 16.3 Å². The van der Waals surface area contributed by atoms with Crippen LogP contribution >= 0.6 is 22.9 Å². The molecule has 106 valence electrons. The fraction of sp³-hybridized carbons (Fsp3) is 0.0625. The molecule has 3 nitrogen and oxygen atoms in total. The van der Waals surface area contributed by atoms with Gasteiger partial charge in [0.1, 0.15) is 11.4 Å². The molecule has 0 aliphatic heterocycles. The van der Waals surface area contributed by atoms with Gasteiger partial charge in [0.15, 0.2) is 5.13 Å². The van der Waals surface area contributed by atoms with Gasteiger partial charge in [-0.05, 0) is 12.1 Å². The summed E-state index contributed by atoms with van der Waals surface area (Å²) in [6, 6.07) is 15.6. The third kappa shape index (κ3) is 3.01. The standard InChI is InChI=1S/C16H13ClN2OS/c1-20-14-9-5-8-12(17)15(14)19-16-18-13(10-21-16)11-6-3-2-4-7-11/h2-10H,1H3,(H,18,19). The summed E-state index contributed by atoms with van der Waals surface area (Å²) in [7, 11) is 1.62. The van der Waals surface area contributed by atoms with E-state index in [2.05, 4.69) is 10.3 Å². The van der Waals surface area contributed by atoms with Crippen LogP contribution in [0, 0.1) is 0 Å². The van der Waals surface area contributed by atoms with Crippen LogP contribution in [0.25, 0.3) is 11.3 Å². The van der Waals surface area contributed by atoms with Crippen molar-refractivity contribution in [2.24, 2.45) is 0 Å². The molecular formula is C16H13ClN2OS. The molecular weight excluding hydrogens is 304 g/mol. The van der Waals surface area contributed by atoms with Gasteiger partial charge in [0.2, 0.25) is 0 Å². The van der Waals surface area contributed by atoms with Crippen molar-refractivity contribution in [3.05, 3.63) is 58.9 Å². The number of aromatic nitrogens is 1. The highest BCUT2D eigenvalue weighted by atomic mass is 35.5. The van der Waals surface area contributed by atoms with Gasteiger partial charge >= 0.3 is 0 Å². The van der Waals surface area contributed by atoms with Crippen molar-refractivity contribution >= 4 is 33.8 Å². The van der Waals surface area contributed by atoms with Crippen LogP contribution in [0.4, 0.5) is 10.8 Å². The number of para-hydroxylation sites is 1. The zero-order valence-corrected chi connectivity index (χ0v) is 12.9. The molecule has 2 aromatic carbocycles. The van der Waals surface area contributed by atoms with Gasteiger partial charge < -0.3 is 10.1 Å². The van der Waals surface area contributed by atoms with Crippen molar-refractivity contribution in [3.8, 4) is 17.0 Å². The van der Waals surface area contributed by atoms with E-state index in [0.29, 0.717) is 10.8 Å². The molecule has 21 heavy (non-hydrogen) atoms. The Morgan fingerprint density at radius 2 is 1.90 bits per heavy atom. The fourth-order valence-corrected chi connectivity index (χ4v) is 2.91. The lowest BCUT2D eigenvalue weighted by Crippen LogP contribution is -1.95. The minimum absolute atomic E-state index is 0.603. The molecule has 0 atom stereocenters. The SMILES string of the molecule is COc1cccc(Cl)c1Nc1nc(-c2ccccc2)cs1. The Labute approximate surface area is 132 Å². The lowest BCUT2D eigenvalue weighted by atomic mass is 10.2. The van der Waals surface area contributed by atoms with Crippen LogP contribution in [-0.2, 0) is 0 Å². The Hall–Kier alpha value is -2.04. The molecule has 1 aromatic heterocycles. The number of rotatable bonds is 4. The summed E-state index contributed by atoms with van der Waals surface area (Å²) >= 11 is 7.75. The number of anilines is 2. The quantitative estimate of drug-likeness (QED) is 0.717. The first-order valence-electron chi connectivity index (χ1n) is 6.38. The monoisotopic (exact) mass is 316 g/mol. The molecule has 3 aromatic rings. The van der Waals surface area contributed by atoms with Crippen LogP contribution in [0.3, 0.4) is 0 Å². The van der Waals surface area contributed by atoms with Crippen molar-refractivity contribution < 1.29 is 4.74 Å². The molecule has 0 spiro atoms. The lowest BCUT2D eigenvalue weighted by molar-refractivity contribution is 0.417. The summed E-state index contributed by atoms with van der Waals surface area (Å²) in [5.41, 5.74) is 2.76. The van der Waals surface area contributed by atoms with Crippen LogP contribution in [0.2, 0.25) is 5.02 Å². The van der Waals surface area contributed by atoms with Gasteiger partial charge in [0.25, 0.3) is 0 Å². The van der Waals surface area contributed by atoms with Gasteiger partial charge in [-0.15, -0.1) is 11.3 Å². The summed E-state index contributed by atoms with van der Waals surface area (Å²) in [6.45, 7) is 0. The van der Waals surface area contributed by atoms with Crippen molar-refractivity contribution in [3.63, 3.8) is 0 Å². The average Bonchev–Trinajstić information content (AvgIpc) is 2.99. The molecule has 0 amide bonds. The maximum absolute atomic E-state index is 6.22. The molecule has 0 saturated carbocycles. The minimum atomic E-state index is 0.603. The molecule has 0 aliphatic carbocycles. The number of benzene rings is 2. The van der Waals surface area contributed by atoms with Crippen LogP contribution in [-0.4, -0.2) is 12.1 Å². The summed E-state index contributed by atoms with van der Waals surface area (Å²) < 4.78 is 5.32. The Morgan fingerprint density at radius 1 is 1.10 bits per heavy atom. The largest absolute Gasteiger partial charge is 0.495 e.